The zero-order chi connectivity index (χ0) is 30.4. The lowest BCUT2D eigenvalue weighted by atomic mass is 9.87. The first-order valence-electron chi connectivity index (χ1n) is 13.8. The molecule has 0 radical (unpaired) electrons. The number of nitrogens with zero attached hydrogens (tertiary/aromatic N) is 1. The lowest BCUT2D eigenvalue weighted by Gasteiger charge is -2.33. The molecule has 1 aromatic rings. The van der Waals surface area contributed by atoms with Crippen LogP contribution in [0.1, 0.15) is 57.2 Å². The van der Waals surface area contributed by atoms with Gasteiger partial charge in [-0.1, -0.05) is 38.1 Å². The Hall–Kier alpha value is -2.25. The number of nitrogens with one attached hydrogen (secondary N) is 3. The fourth-order valence-corrected chi connectivity index (χ4v) is 8.54. The van der Waals surface area contributed by atoms with Gasteiger partial charge < -0.3 is 20.9 Å². The van der Waals surface area contributed by atoms with Gasteiger partial charge >= 0.3 is 6.18 Å². The van der Waals surface area contributed by atoms with Crippen LogP contribution in [0.5, 0.6) is 0 Å². The van der Waals surface area contributed by atoms with E-state index in [1.165, 1.54) is 11.1 Å². The average Bonchev–Trinajstić information content (AvgIpc) is 3.57. The molecule has 3 aliphatic rings. The molecule has 1 aromatic carbocycles. The third-order valence-electron chi connectivity index (χ3n) is 7.57. The summed E-state index contributed by atoms with van der Waals surface area (Å²) in [5, 5.41) is 9.16. The minimum Gasteiger partial charge on any atom is -0.347 e. The predicted molar refractivity (Wildman–Crippen MR) is 155 cm³/mol. The molecule has 0 saturated carbocycles. The van der Waals surface area contributed by atoms with Crippen LogP contribution >= 0.6 is 23.5 Å². The Morgan fingerprint density at radius 1 is 1.12 bits per heavy atom. The quantitative estimate of drug-likeness (QED) is 0.403. The lowest BCUT2D eigenvalue weighted by Crippen LogP contribution is -2.57. The predicted octanol–water partition coefficient (Wildman–Crippen LogP) is 3.45. The topological polar surface area (TPSA) is 108 Å². The largest absolute Gasteiger partial charge is 0.446 e. The number of fused-ring (bicyclic) bond motifs is 1. The number of likely N-dealkylation sites (tertiary alicyclic amines) is 1. The molecule has 3 N–H and O–H groups in total. The average molecular weight is 617 g/mol. The normalized spacial score (nSPS) is 22.8. The zero-order valence-corrected chi connectivity index (χ0v) is 25.4. The third-order valence-corrected chi connectivity index (χ3v) is 11.0. The molecule has 3 amide bonds. The van der Waals surface area contributed by atoms with Gasteiger partial charge in [-0.15, -0.1) is 23.5 Å². The van der Waals surface area contributed by atoms with Gasteiger partial charge in [-0.3, -0.25) is 19.2 Å². The number of halogens is 3. The molecule has 2 saturated heterocycles. The van der Waals surface area contributed by atoms with Gasteiger partial charge in [0.05, 0.1) is 16.2 Å². The van der Waals surface area contributed by atoms with Crippen molar-refractivity contribution in [3.8, 4) is 0 Å². The number of carbonyl (C=O) groups excluding carboxylic acids is 4. The molecule has 4 rings (SSSR count). The van der Waals surface area contributed by atoms with Crippen LogP contribution in [0.2, 0.25) is 0 Å². The van der Waals surface area contributed by atoms with Crippen LogP contribution in [0.4, 0.5) is 13.2 Å². The van der Waals surface area contributed by atoms with E-state index in [1.807, 2.05) is 49.5 Å². The molecule has 2 aliphatic heterocycles. The van der Waals surface area contributed by atoms with Gasteiger partial charge in [-0.25, -0.2) is 0 Å². The number of hydrogen-bond acceptors (Lipinski definition) is 7. The molecule has 1 aliphatic carbocycles. The molecule has 2 fully saturated rings. The Kier molecular flexibility index (Phi) is 11.6. The van der Waals surface area contributed by atoms with E-state index in [4.69, 9.17) is 4.79 Å². The Bertz CT molecular complexity index is 1100. The summed E-state index contributed by atoms with van der Waals surface area (Å²) in [5.74, 6) is 1.51. The molecule has 0 bridgehead atoms. The van der Waals surface area contributed by atoms with Gasteiger partial charge in [0, 0.05) is 24.5 Å². The highest BCUT2D eigenvalue weighted by molar-refractivity contribution is 8.21. The van der Waals surface area contributed by atoms with Crippen molar-refractivity contribution in [1.29, 1.82) is 0 Å². The van der Waals surface area contributed by atoms with Gasteiger partial charge in [0.25, 0.3) is 0 Å². The Balaban J connectivity index is 0.000000696. The van der Waals surface area contributed by atoms with Crippen LogP contribution in [-0.4, -0.2) is 82.4 Å². The standard InChI is InChI=1S/C26H38N4O3S2.C2HF3O/c1-16(2)22(29-23(31)17(3)27-4)25(33)30-15-26(34-12-13-35-26)14-21(30)24(32)28-20-11-7-9-18-8-5-6-10-19(18)20;3-2(4,5)1-6/h5-6,8,10,16-17,20-22,27H,7,9,11-15H2,1-4H3,(H,28,32)(H,29,31);1H/t17-,20?,21-,22?;/m0./s1. The van der Waals surface area contributed by atoms with Crippen molar-refractivity contribution in [2.45, 2.75) is 80.9 Å². The fraction of sp³-hybridized carbons (Fsp3) is 0.643. The van der Waals surface area contributed by atoms with E-state index in [0.717, 1.165) is 30.8 Å². The maximum absolute atomic E-state index is 13.9. The third kappa shape index (κ3) is 8.63. The van der Waals surface area contributed by atoms with Crippen molar-refractivity contribution in [2.75, 3.05) is 25.1 Å². The van der Waals surface area contributed by atoms with E-state index in [9.17, 15) is 27.6 Å². The summed E-state index contributed by atoms with van der Waals surface area (Å²) in [6.07, 6.45) is -2.08. The zero-order valence-electron chi connectivity index (χ0n) is 23.8. The summed E-state index contributed by atoms with van der Waals surface area (Å²) in [5.41, 5.74) is 2.48. The molecule has 2 unspecified atom stereocenters. The number of rotatable bonds is 7. The number of benzene rings is 1. The van der Waals surface area contributed by atoms with Gasteiger partial charge in [0.2, 0.25) is 24.0 Å². The first-order valence-corrected chi connectivity index (χ1v) is 15.7. The van der Waals surface area contributed by atoms with E-state index in [-0.39, 0.29) is 33.8 Å². The molecule has 0 aromatic heterocycles. The molecule has 8 nitrogen and oxygen atoms in total. The summed E-state index contributed by atoms with van der Waals surface area (Å²) in [6.45, 7) is 6.17. The van der Waals surface area contributed by atoms with Crippen molar-refractivity contribution in [1.82, 2.24) is 20.9 Å². The number of thioether (sulfide) groups is 2. The van der Waals surface area contributed by atoms with Crippen LogP contribution in [0.3, 0.4) is 0 Å². The van der Waals surface area contributed by atoms with E-state index in [2.05, 4.69) is 28.1 Å². The number of aldehydes is 1. The number of hydrogen-bond donors (Lipinski definition) is 3. The highest BCUT2D eigenvalue weighted by atomic mass is 32.2. The summed E-state index contributed by atoms with van der Waals surface area (Å²) in [7, 11) is 1.72. The van der Waals surface area contributed by atoms with Crippen molar-refractivity contribution < 1.29 is 32.3 Å². The molecule has 228 valence electrons. The first kappa shape index (κ1) is 33.3. The van der Waals surface area contributed by atoms with Crippen LogP contribution in [0.25, 0.3) is 0 Å². The molecule has 1 spiro atoms. The maximum Gasteiger partial charge on any atom is 0.446 e. The molecular weight excluding hydrogens is 577 g/mol. The van der Waals surface area contributed by atoms with Crippen LogP contribution in [0, 0.1) is 5.92 Å². The second-order valence-electron chi connectivity index (χ2n) is 10.8. The van der Waals surface area contributed by atoms with E-state index in [1.54, 1.807) is 18.9 Å². The minimum absolute atomic E-state index is 0.0260. The van der Waals surface area contributed by atoms with Crippen molar-refractivity contribution >= 4 is 47.5 Å². The fourth-order valence-electron chi connectivity index (χ4n) is 5.28. The summed E-state index contributed by atoms with van der Waals surface area (Å²) in [6, 6.07) is 6.69. The Morgan fingerprint density at radius 3 is 2.34 bits per heavy atom. The van der Waals surface area contributed by atoms with Gasteiger partial charge in [-0.05, 0) is 50.3 Å². The second kappa shape index (κ2) is 14.3. The molecular formula is C28H39F3N4O4S2. The van der Waals surface area contributed by atoms with Crippen LogP contribution in [0.15, 0.2) is 24.3 Å². The number of aryl methyl sites for hydroxylation is 1. The Morgan fingerprint density at radius 2 is 1.76 bits per heavy atom. The minimum atomic E-state index is -4.64. The SMILES string of the molecule is CN[C@@H](C)C(=O)NC(C(=O)N1CC2(C[C@H]1C(=O)NC1CCCc3ccccc31)SCCS2)C(C)C.O=CC(F)(F)F. The summed E-state index contributed by atoms with van der Waals surface area (Å²) >= 11 is 3.73. The Labute approximate surface area is 247 Å². The monoisotopic (exact) mass is 616 g/mol. The van der Waals surface area contributed by atoms with Gasteiger partial charge in [0.15, 0.2) is 0 Å². The highest BCUT2D eigenvalue weighted by Crippen LogP contribution is 2.52. The number of alkyl halides is 3. The lowest BCUT2D eigenvalue weighted by molar-refractivity contribution is -0.156. The number of amides is 3. The van der Waals surface area contributed by atoms with Crippen molar-refractivity contribution in [3.05, 3.63) is 35.4 Å². The van der Waals surface area contributed by atoms with E-state index < -0.39 is 30.6 Å². The molecule has 13 heteroatoms. The van der Waals surface area contributed by atoms with E-state index >= 15 is 0 Å². The first-order chi connectivity index (χ1) is 19.3. The highest BCUT2D eigenvalue weighted by Gasteiger charge is 2.52. The van der Waals surface area contributed by atoms with Gasteiger partial charge in [-0.2, -0.15) is 13.2 Å². The van der Waals surface area contributed by atoms with E-state index in [0.29, 0.717) is 13.0 Å². The molecule has 4 atom stereocenters. The van der Waals surface area contributed by atoms with Crippen molar-refractivity contribution in [2.24, 2.45) is 5.92 Å². The van der Waals surface area contributed by atoms with Crippen molar-refractivity contribution in [3.63, 3.8) is 0 Å². The van der Waals surface area contributed by atoms with Gasteiger partial charge in [0.1, 0.15) is 12.1 Å². The summed E-state index contributed by atoms with van der Waals surface area (Å²) in [4.78, 5) is 50.7. The molecule has 2 heterocycles. The smallest absolute Gasteiger partial charge is 0.347 e. The van der Waals surface area contributed by atoms with Crippen LogP contribution < -0.4 is 16.0 Å². The number of likely N-dealkylation sites (N-methyl/N-ethyl adjacent to an activating group) is 1. The second-order valence-corrected chi connectivity index (χ2v) is 14.1. The molecule has 41 heavy (non-hydrogen) atoms. The van der Waals surface area contributed by atoms with Crippen LogP contribution in [-0.2, 0) is 25.6 Å². The summed E-state index contributed by atoms with van der Waals surface area (Å²) < 4.78 is 31.1. The number of carbonyl (C=O) groups is 4. The maximum atomic E-state index is 13.9.